The number of alkyl halides is 1. The molecule has 0 bridgehead atoms. The molecule has 1 atom stereocenters. The highest BCUT2D eigenvalue weighted by Gasteiger charge is 2.40. The monoisotopic (exact) mass is 400 g/mol. The largest absolute Gasteiger partial charge is 0.508 e. The number of hydrogen-bond acceptors (Lipinski definition) is 8. The topological polar surface area (TPSA) is 121 Å². The number of phenols is 1. The predicted octanol–water partition coefficient (Wildman–Crippen LogP) is 2.60. The third-order valence-electron chi connectivity index (χ3n) is 3.89. The number of halogens is 1. The van der Waals surface area contributed by atoms with Crippen molar-refractivity contribution in [3.63, 3.8) is 0 Å². The van der Waals surface area contributed by atoms with Crippen LogP contribution in [0.1, 0.15) is 16.2 Å². The van der Waals surface area contributed by atoms with Gasteiger partial charge in [0.05, 0.1) is 10.2 Å². The summed E-state index contributed by atoms with van der Waals surface area (Å²) in [5, 5.41) is 25.1. The molecule has 0 aliphatic rings. The van der Waals surface area contributed by atoms with E-state index in [9.17, 15) is 15.0 Å². The maximum absolute atomic E-state index is 15.1. The molecule has 0 fully saturated rings. The van der Waals surface area contributed by atoms with Crippen LogP contribution in [0.4, 0.5) is 4.39 Å². The summed E-state index contributed by atoms with van der Waals surface area (Å²) in [5.74, 6) is -4.01. The molecule has 0 saturated heterocycles. The minimum absolute atomic E-state index is 0.000116. The molecule has 3 N–H and O–H groups in total. The lowest BCUT2D eigenvalue weighted by molar-refractivity contribution is 0.00786. The molecule has 0 unspecified atom stereocenters. The van der Waals surface area contributed by atoms with Gasteiger partial charge in [-0.1, -0.05) is 23.4 Å². The van der Waals surface area contributed by atoms with Crippen LogP contribution in [0, 0.1) is 0 Å². The van der Waals surface area contributed by atoms with Crippen molar-refractivity contribution in [1.82, 2.24) is 20.4 Å². The van der Waals surface area contributed by atoms with Crippen LogP contribution in [-0.2, 0) is 5.79 Å². The summed E-state index contributed by atoms with van der Waals surface area (Å²) < 4.78 is 20.8. The van der Waals surface area contributed by atoms with Gasteiger partial charge in [-0.15, -0.1) is 11.3 Å². The van der Waals surface area contributed by atoms with Crippen molar-refractivity contribution in [3.8, 4) is 16.6 Å². The third kappa shape index (κ3) is 3.30. The molecule has 0 aliphatic carbocycles. The van der Waals surface area contributed by atoms with Crippen LogP contribution in [0.2, 0.25) is 0 Å². The van der Waals surface area contributed by atoms with Gasteiger partial charge in [-0.25, -0.2) is 9.37 Å². The Labute approximate surface area is 161 Å². The Hall–Kier alpha value is -3.37. The third-order valence-corrected chi connectivity index (χ3v) is 4.91. The van der Waals surface area contributed by atoms with Crippen molar-refractivity contribution in [2.45, 2.75) is 5.79 Å². The summed E-state index contributed by atoms with van der Waals surface area (Å²) in [5.41, 5.74) is 0.818. The molecule has 0 aliphatic heterocycles. The normalized spacial score (nSPS) is 13.4. The maximum Gasteiger partial charge on any atom is 0.288 e. The number of nitrogens with one attached hydrogen (secondary N) is 1. The zero-order chi connectivity index (χ0) is 19.7. The molecule has 0 radical (unpaired) electrons. The van der Waals surface area contributed by atoms with E-state index in [1.165, 1.54) is 35.6 Å². The second kappa shape index (κ2) is 6.98. The highest BCUT2D eigenvalue weighted by atomic mass is 32.1. The lowest BCUT2D eigenvalue weighted by atomic mass is 10.2. The summed E-state index contributed by atoms with van der Waals surface area (Å²) in [6.45, 7) is -1.10. The van der Waals surface area contributed by atoms with Gasteiger partial charge in [0.2, 0.25) is 5.82 Å². The summed E-state index contributed by atoms with van der Waals surface area (Å²) >= 11 is 1.18. The molecule has 0 saturated carbocycles. The number of benzene rings is 2. The van der Waals surface area contributed by atoms with Crippen LogP contribution in [-0.4, -0.2) is 37.9 Å². The van der Waals surface area contributed by atoms with Gasteiger partial charge in [0.1, 0.15) is 12.4 Å². The van der Waals surface area contributed by atoms with Crippen molar-refractivity contribution in [1.29, 1.82) is 0 Å². The highest BCUT2D eigenvalue weighted by molar-refractivity contribution is 7.21. The summed E-state index contributed by atoms with van der Waals surface area (Å²) in [7, 11) is 0. The van der Waals surface area contributed by atoms with E-state index in [0.717, 1.165) is 0 Å². The fraction of sp³-hybridized carbons (Fsp3) is 0.111. The smallest absolute Gasteiger partial charge is 0.288 e. The maximum atomic E-state index is 15.1. The Morgan fingerprint density at radius 2 is 2.00 bits per heavy atom. The molecule has 4 aromatic rings. The Balaban J connectivity index is 1.62. The van der Waals surface area contributed by atoms with Crippen molar-refractivity contribution >= 4 is 27.5 Å². The summed E-state index contributed by atoms with van der Waals surface area (Å²) in [4.78, 5) is 20.5. The van der Waals surface area contributed by atoms with Gasteiger partial charge in [0, 0.05) is 5.56 Å². The van der Waals surface area contributed by atoms with Gasteiger partial charge in [-0.2, -0.15) is 4.98 Å². The fourth-order valence-electron chi connectivity index (χ4n) is 2.48. The fourth-order valence-corrected chi connectivity index (χ4v) is 3.41. The van der Waals surface area contributed by atoms with Gasteiger partial charge in [-0.05, 0) is 30.3 Å². The first kappa shape index (κ1) is 18.0. The number of hydrogen-bond donors (Lipinski definition) is 3. The van der Waals surface area contributed by atoms with Crippen molar-refractivity contribution < 1.29 is 23.9 Å². The van der Waals surface area contributed by atoms with E-state index in [0.29, 0.717) is 15.2 Å². The van der Waals surface area contributed by atoms with E-state index in [1.54, 1.807) is 24.3 Å². The second-order valence-corrected chi connectivity index (χ2v) is 6.90. The quantitative estimate of drug-likeness (QED) is 0.440. The van der Waals surface area contributed by atoms with Crippen LogP contribution >= 0.6 is 11.3 Å². The average Bonchev–Trinajstić information content (AvgIpc) is 3.35. The number of amides is 1. The standard InChI is InChI=1S/C18H13FN4O4S/c19-18(9-24,22-15(26)10-4-2-1-3-5-10)17-21-14(23-27-17)16-20-12-7-6-11(25)8-13(12)28-16/h1-8,24-25H,9H2,(H,22,26)/t18-/m1/s1. The molecule has 28 heavy (non-hydrogen) atoms. The average molecular weight is 400 g/mol. The number of aliphatic hydroxyl groups is 1. The van der Waals surface area contributed by atoms with Crippen molar-refractivity contribution in [3.05, 3.63) is 60.0 Å². The molecule has 8 nitrogen and oxygen atoms in total. The SMILES string of the molecule is O=C(N[C@](F)(CO)c1nc(-c2nc3ccc(O)cc3s2)no1)c1ccccc1. The molecule has 10 heteroatoms. The number of rotatable bonds is 5. The van der Waals surface area contributed by atoms with E-state index in [-0.39, 0.29) is 17.1 Å². The Morgan fingerprint density at radius 1 is 1.21 bits per heavy atom. The van der Waals surface area contributed by atoms with Crippen LogP contribution in [0.3, 0.4) is 0 Å². The van der Waals surface area contributed by atoms with Crippen LogP contribution in [0.5, 0.6) is 5.75 Å². The Bertz CT molecular complexity index is 1150. The molecular formula is C18H13FN4O4S. The molecule has 2 heterocycles. The number of thiazole rings is 1. The highest BCUT2D eigenvalue weighted by Crippen LogP contribution is 2.32. The Kier molecular flexibility index (Phi) is 4.49. The number of phenolic OH excluding ortho intramolecular Hbond substituents is 1. The van der Waals surface area contributed by atoms with E-state index in [2.05, 4.69) is 20.4 Å². The first-order chi connectivity index (χ1) is 13.5. The number of aromatic hydroxyl groups is 1. The minimum Gasteiger partial charge on any atom is -0.508 e. The molecular weight excluding hydrogens is 387 g/mol. The van der Waals surface area contributed by atoms with E-state index >= 15 is 4.39 Å². The number of carbonyl (C=O) groups excluding carboxylic acids is 1. The second-order valence-electron chi connectivity index (χ2n) is 5.87. The van der Waals surface area contributed by atoms with Crippen molar-refractivity contribution in [2.75, 3.05) is 6.61 Å². The molecule has 2 aromatic carbocycles. The van der Waals surface area contributed by atoms with Gasteiger partial charge in [0.25, 0.3) is 17.6 Å². The first-order valence-corrected chi connectivity index (χ1v) is 8.91. The summed E-state index contributed by atoms with van der Waals surface area (Å²) in [6.07, 6.45) is 0. The predicted molar refractivity (Wildman–Crippen MR) is 98.4 cm³/mol. The minimum atomic E-state index is -2.76. The molecule has 0 spiro atoms. The van der Waals surface area contributed by atoms with E-state index < -0.39 is 24.2 Å². The van der Waals surface area contributed by atoms with Crippen LogP contribution in [0.15, 0.2) is 53.1 Å². The van der Waals surface area contributed by atoms with E-state index in [1.807, 2.05) is 0 Å². The number of nitrogens with zero attached hydrogens (tertiary/aromatic N) is 3. The van der Waals surface area contributed by atoms with Crippen LogP contribution in [0.25, 0.3) is 21.0 Å². The van der Waals surface area contributed by atoms with Crippen molar-refractivity contribution in [2.24, 2.45) is 0 Å². The molecule has 4 rings (SSSR count). The number of carbonyl (C=O) groups is 1. The molecule has 2 aromatic heterocycles. The van der Waals surface area contributed by atoms with Gasteiger partial charge < -0.3 is 20.1 Å². The first-order valence-electron chi connectivity index (χ1n) is 8.10. The number of aromatic nitrogens is 3. The molecule has 142 valence electrons. The van der Waals surface area contributed by atoms with E-state index in [4.69, 9.17) is 4.52 Å². The number of fused-ring (bicyclic) bond motifs is 1. The van der Waals surface area contributed by atoms with Gasteiger partial charge in [0.15, 0.2) is 5.01 Å². The zero-order valence-corrected chi connectivity index (χ0v) is 15.0. The van der Waals surface area contributed by atoms with Crippen LogP contribution < -0.4 is 5.32 Å². The lowest BCUT2D eigenvalue weighted by Crippen LogP contribution is -2.45. The van der Waals surface area contributed by atoms with Gasteiger partial charge >= 0.3 is 0 Å². The zero-order valence-electron chi connectivity index (χ0n) is 14.2. The molecule has 1 amide bonds. The number of aliphatic hydroxyl groups excluding tert-OH is 1. The summed E-state index contributed by atoms with van der Waals surface area (Å²) in [6, 6.07) is 12.6. The Morgan fingerprint density at radius 3 is 2.75 bits per heavy atom. The lowest BCUT2D eigenvalue weighted by Gasteiger charge is -2.20. The van der Waals surface area contributed by atoms with Gasteiger partial charge in [-0.3, -0.25) is 4.79 Å².